The fourth-order valence-electron chi connectivity index (χ4n) is 2.52. The molecular formula is C17H20N2O2. The highest BCUT2D eigenvalue weighted by Gasteiger charge is 2.20. The van der Waals surface area contributed by atoms with E-state index in [1.807, 2.05) is 31.2 Å². The van der Waals surface area contributed by atoms with Crippen LogP contribution in [0, 0.1) is 6.92 Å². The first kappa shape index (κ1) is 13.9. The predicted molar refractivity (Wildman–Crippen MR) is 80.8 cm³/mol. The molecule has 110 valence electrons. The minimum absolute atomic E-state index is 0.0836. The summed E-state index contributed by atoms with van der Waals surface area (Å²) in [7, 11) is 0. The van der Waals surface area contributed by atoms with Crippen molar-refractivity contribution in [3.05, 3.63) is 47.5 Å². The summed E-state index contributed by atoms with van der Waals surface area (Å²) >= 11 is 0. The second-order valence-corrected chi connectivity index (χ2v) is 5.29. The van der Waals surface area contributed by atoms with Gasteiger partial charge in [-0.15, -0.1) is 0 Å². The number of aryl methyl sites for hydroxylation is 3. The monoisotopic (exact) mass is 284 g/mol. The van der Waals surface area contributed by atoms with Crippen LogP contribution in [0.3, 0.4) is 0 Å². The number of rotatable bonds is 4. The Morgan fingerprint density at radius 1 is 1.14 bits per heavy atom. The summed E-state index contributed by atoms with van der Waals surface area (Å²) < 4.78 is 11.7. The molecule has 0 unspecified atom stereocenters. The maximum atomic E-state index is 5.97. The van der Waals surface area contributed by atoms with E-state index in [0.717, 1.165) is 48.0 Å². The van der Waals surface area contributed by atoms with Gasteiger partial charge in [-0.1, -0.05) is 19.1 Å². The van der Waals surface area contributed by atoms with Crippen molar-refractivity contribution in [2.45, 2.75) is 39.2 Å². The zero-order valence-corrected chi connectivity index (χ0v) is 12.5. The van der Waals surface area contributed by atoms with Crippen LogP contribution in [0.15, 0.2) is 30.3 Å². The maximum absolute atomic E-state index is 5.97. The molecule has 0 amide bonds. The van der Waals surface area contributed by atoms with Crippen LogP contribution >= 0.6 is 0 Å². The Labute approximate surface area is 125 Å². The number of aromatic nitrogens is 2. The molecule has 2 aromatic rings. The molecule has 0 saturated heterocycles. The number of fused-ring (bicyclic) bond motifs is 1. The van der Waals surface area contributed by atoms with Crippen molar-refractivity contribution in [1.29, 1.82) is 0 Å². The topological polar surface area (TPSA) is 44.2 Å². The lowest BCUT2D eigenvalue weighted by Crippen LogP contribution is -2.29. The van der Waals surface area contributed by atoms with Gasteiger partial charge in [-0.3, -0.25) is 0 Å². The van der Waals surface area contributed by atoms with Crippen molar-refractivity contribution in [2.75, 3.05) is 6.61 Å². The molecule has 1 aliphatic heterocycles. The van der Waals surface area contributed by atoms with Gasteiger partial charge in [0.15, 0.2) is 11.5 Å². The minimum atomic E-state index is 0.0836. The van der Waals surface area contributed by atoms with E-state index in [-0.39, 0.29) is 6.10 Å². The average Bonchev–Trinajstić information content (AvgIpc) is 2.52. The van der Waals surface area contributed by atoms with E-state index in [2.05, 4.69) is 23.0 Å². The molecule has 0 spiro atoms. The normalized spacial score (nSPS) is 16.8. The molecule has 1 aromatic heterocycles. The first-order chi connectivity index (χ1) is 10.2. The van der Waals surface area contributed by atoms with E-state index >= 15 is 0 Å². The third-order valence-corrected chi connectivity index (χ3v) is 3.60. The van der Waals surface area contributed by atoms with E-state index in [1.165, 1.54) is 0 Å². The Balaban J connectivity index is 1.63. The van der Waals surface area contributed by atoms with Crippen molar-refractivity contribution in [3.8, 4) is 11.5 Å². The third-order valence-electron chi connectivity index (χ3n) is 3.60. The quantitative estimate of drug-likeness (QED) is 0.865. The summed E-state index contributed by atoms with van der Waals surface area (Å²) in [6.45, 7) is 4.65. The molecule has 3 rings (SSSR count). The number of benzene rings is 1. The largest absolute Gasteiger partial charge is 0.486 e. The number of ether oxygens (including phenoxy) is 2. The van der Waals surface area contributed by atoms with E-state index < -0.39 is 0 Å². The van der Waals surface area contributed by atoms with Crippen LogP contribution in [0.25, 0.3) is 0 Å². The first-order valence-corrected chi connectivity index (χ1v) is 7.46. The van der Waals surface area contributed by atoms with Gasteiger partial charge in [-0.05, 0) is 44.4 Å². The number of nitrogens with zero attached hydrogens (tertiary/aromatic N) is 2. The Bertz CT molecular complexity index is 628. The van der Waals surface area contributed by atoms with E-state index in [4.69, 9.17) is 9.47 Å². The molecule has 0 aliphatic carbocycles. The van der Waals surface area contributed by atoms with Gasteiger partial charge in [0.1, 0.15) is 18.5 Å². The number of hydrogen-bond acceptors (Lipinski definition) is 4. The lowest BCUT2D eigenvalue weighted by atomic mass is 10.1. The Kier molecular flexibility index (Phi) is 4.04. The van der Waals surface area contributed by atoms with Crippen LogP contribution in [-0.4, -0.2) is 22.7 Å². The molecule has 0 bridgehead atoms. The van der Waals surface area contributed by atoms with E-state index in [0.29, 0.717) is 6.61 Å². The van der Waals surface area contributed by atoms with Crippen molar-refractivity contribution < 1.29 is 9.47 Å². The van der Waals surface area contributed by atoms with Gasteiger partial charge in [-0.2, -0.15) is 0 Å². The van der Waals surface area contributed by atoms with Crippen molar-refractivity contribution in [2.24, 2.45) is 0 Å². The zero-order chi connectivity index (χ0) is 14.7. The molecule has 4 nitrogen and oxygen atoms in total. The van der Waals surface area contributed by atoms with Crippen LogP contribution in [0.5, 0.6) is 11.5 Å². The number of hydrogen-bond donors (Lipinski definition) is 0. The predicted octanol–water partition coefficient (Wildman–Crippen LogP) is 3.12. The Morgan fingerprint density at radius 3 is 2.71 bits per heavy atom. The molecule has 2 heterocycles. The van der Waals surface area contributed by atoms with Crippen LogP contribution < -0.4 is 9.47 Å². The average molecular weight is 284 g/mol. The third kappa shape index (κ3) is 3.32. The fourth-order valence-corrected chi connectivity index (χ4v) is 2.52. The SMILES string of the molecule is CCc1cc(CC[C@H]2COc3ccccc3O2)nc(C)n1. The highest BCUT2D eigenvalue weighted by molar-refractivity contribution is 5.40. The molecule has 4 heteroatoms. The number of para-hydroxylation sites is 2. The molecule has 1 aliphatic rings. The Hall–Kier alpha value is -2.10. The molecule has 1 atom stereocenters. The maximum Gasteiger partial charge on any atom is 0.161 e. The molecule has 21 heavy (non-hydrogen) atoms. The van der Waals surface area contributed by atoms with Gasteiger partial charge in [-0.25, -0.2) is 9.97 Å². The lowest BCUT2D eigenvalue weighted by Gasteiger charge is -2.26. The van der Waals surface area contributed by atoms with Gasteiger partial charge in [0, 0.05) is 11.4 Å². The summed E-state index contributed by atoms with van der Waals surface area (Å²) in [5.41, 5.74) is 2.19. The molecule has 0 radical (unpaired) electrons. The highest BCUT2D eigenvalue weighted by Crippen LogP contribution is 2.31. The first-order valence-electron chi connectivity index (χ1n) is 7.46. The van der Waals surface area contributed by atoms with Gasteiger partial charge in [0.05, 0.1) is 0 Å². The molecule has 0 N–H and O–H groups in total. The standard InChI is InChI=1S/C17H20N2O2/c1-3-13-10-14(19-12(2)18-13)8-9-15-11-20-16-6-4-5-7-17(16)21-15/h4-7,10,15H,3,8-9,11H2,1-2H3/t15-/m0/s1. The van der Waals surface area contributed by atoms with Crippen LogP contribution in [0.1, 0.15) is 30.6 Å². The molecule has 1 aromatic carbocycles. The second kappa shape index (κ2) is 6.12. The second-order valence-electron chi connectivity index (χ2n) is 5.29. The van der Waals surface area contributed by atoms with Gasteiger partial charge in [0.25, 0.3) is 0 Å². The van der Waals surface area contributed by atoms with Crippen LogP contribution in [0.4, 0.5) is 0 Å². The zero-order valence-electron chi connectivity index (χ0n) is 12.5. The summed E-state index contributed by atoms with van der Waals surface area (Å²) in [5, 5.41) is 0. The van der Waals surface area contributed by atoms with E-state index in [9.17, 15) is 0 Å². The highest BCUT2D eigenvalue weighted by atomic mass is 16.6. The van der Waals surface area contributed by atoms with Gasteiger partial charge >= 0.3 is 0 Å². The molecule has 0 fully saturated rings. The van der Waals surface area contributed by atoms with E-state index in [1.54, 1.807) is 0 Å². The smallest absolute Gasteiger partial charge is 0.161 e. The van der Waals surface area contributed by atoms with Crippen molar-refractivity contribution in [1.82, 2.24) is 9.97 Å². The van der Waals surface area contributed by atoms with Crippen LogP contribution in [-0.2, 0) is 12.8 Å². The van der Waals surface area contributed by atoms with Crippen LogP contribution in [0.2, 0.25) is 0 Å². The summed E-state index contributed by atoms with van der Waals surface area (Å²) in [6, 6.07) is 9.90. The Morgan fingerprint density at radius 2 is 1.90 bits per heavy atom. The molecule has 0 saturated carbocycles. The lowest BCUT2D eigenvalue weighted by molar-refractivity contribution is 0.0849. The summed E-state index contributed by atoms with van der Waals surface area (Å²) in [6.07, 6.45) is 2.80. The molecular weight excluding hydrogens is 264 g/mol. The minimum Gasteiger partial charge on any atom is -0.486 e. The summed E-state index contributed by atoms with van der Waals surface area (Å²) in [4.78, 5) is 8.91. The van der Waals surface area contributed by atoms with Gasteiger partial charge in [0.2, 0.25) is 0 Å². The fraction of sp³-hybridized carbons (Fsp3) is 0.412. The van der Waals surface area contributed by atoms with Crippen molar-refractivity contribution in [3.63, 3.8) is 0 Å². The van der Waals surface area contributed by atoms with Crippen molar-refractivity contribution >= 4 is 0 Å². The van der Waals surface area contributed by atoms with Gasteiger partial charge < -0.3 is 9.47 Å². The summed E-state index contributed by atoms with van der Waals surface area (Å²) in [5.74, 6) is 2.51.